The van der Waals surface area contributed by atoms with E-state index in [4.69, 9.17) is 61.0 Å². The summed E-state index contributed by atoms with van der Waals surface area (Å²) in [6.07, 6.45) is -33.9. The number of hydrogen-bond donors (Lipinski definition) is 10. The molecule has 27 nitrogen and oxygen atoms in total. The minimum absolute atomic E-state index is 0. The number of fused-ring (bicyclic) bond motifs is 5. The number of carbonyl (C=O) groups is 1. The maximum Gasteiger partial charge on any atom is 1.00 e. The number of aliphatic hydroxyl groups excluding tert-OH is 10. The van der Waals surface area contributed by atoms with Gasteiger partial charge in [-0.2, -0.15) is 0 Å². The summed E-state index contributed by atoms with van der Waals surface area (Å²) in [5, 5.41) is 112. The second kappa shape index (κ2) is 24.6. The molecule has 10 N–H and O–H groups in total. The minimum Gasteiger partial charge on any atom is -0.726 e. The van der Waals surface area contributed by atoms with Crippen molar-refractivity contribution in [2.45, 2.75) is 241 Å². The quantitative estimate of drug-likeness (QED) is 0.0241. The molecular weight excluding hydrogens is 1140 g/mol. The third-order valence-corrected chi connectivity index (χ3v) is 21.0. The number of rotatable bonds is 15. The van der Waals surface area contributed by atoms with Crippen molar-refractivity contribution in [3.63, 3.8) is 0 Å². The number of esters is 1. The van der Waals surface area contributed by atoms with Gasteiger partial charge in [0.2, 0.25) is 10.4 Å². The van der Waals surface area contributed by atoms with Crippen LogP contribution in [-0.2, 0) is 76.2 Å². The van der Waals surface area contributed by atoms with Gasteiger partial charge in [0.05, 0.1) is 43.5 Å². The molecule has 0 amide bonds. The number of allylic oxidation sites excluding steroid dienone is 2. The van der Waals surface area contributed by atoms with Crippen LogP contribution < -0.4 is 29.6 Å². The number of ether oxygens (including phenoxy) is 12. The zero-order valence-corrected chi connectivity index (χ0v) is 51.0. The fourth-order valence-electron chi connectivity index (χ4n) is 16.3. The summed E-state index contributed by atoms with van der Waals surface area (Å²) in [6, 6.07) is 0. The molecule has 83 heavy (non-hydrogen) atoms. The summed E-state index contributed by atoms with van der Waals surface area (Å²) in [5.41, 5.74) is 0.213. The largest absolute Gasteiger partial charge is 1.00 e. The maximum absolute atomic E-state index is 13.8. The SMILES string of the molecule is C=C(C)[C@H]1[C@@H]2C[C@@]3(C)C4=CC[C@H]5C(C)(C)[C@@H](O[C@@H]6OC[C@@H](OS(=O)(=O)[O-])[C@H](O)[C@H]6O[C@@H]6O[C@H](C)[C@@H](O[C@@H]7O[C@H](CO)[C@@H](O)[C@H](O[C@@H]8OC[C@@H](O)[C@H](OC)[C@H]8O)[C@H]7O)[C@H](O)[C@H]6O[C@@H]6O[C@H](C)[C@@H](O)[C@H](O)[C@H]6O)CC[C@]5(C)[C@H]4CC[C@]13C(=O)O2.[Na+]. The average molecular weight is 1220 g/mol. The molecule has 10 rings (SSSR count). The number of hydrogen-bond acceptors (Lipinski definition) is 27. The summed E-state index contributed by atoms with van der Waals surface area (Å²) >= 11 is 0. The van der Waals surface area contributed by atoms with Gasteiger partial charge >= 0.3 is 35.5 Å². The summed E-state index contributed by atoms with van der Waals surface area (Å²) in [7, 11) is -4.26. The molecule has 0 radical (unpaired) electrons. The maximum atomic E-state index is 13.8. The van der Waals surface area contributed by atoms with Crippen molar-refractivity contribution in [2.24, 2.45) is 39.4 Å². The predicted molar refractivity (Wildman–Crippen MR) is 271 cm³/mol. The molecule has 31 atom stereocenters. The van der Waals surface area contributed by atoms with Gasteiger partial charge in [-0.05, 0) is 82.0 Å². The van der Waals surface area contributed by atoms with Crippen molar-refractivity contribution >= 4 is 16.4 Å². The van der Waals surface area contributed by atoms with Gasteiger partial charge in [-0.3, -0.25) is 8.98 Å². The van der Waals surface area contributed by atoms with E-state index in [9.17, 15) is 68.8 Å². The molecule has 3 saturated carbocycles. The van der Waals surface area contributed by atoms with Crippen LogP contribution in [0.1, 0.15) is 87.0 Å². The molecule has 0 aromatic heterocycles. The molecule has 2 bridgehead atoms. The first-order chi connectivity index (χ1) is 38.4. The van der Waals surface area contributed by atoms with Crippen molar-refractivity contribution in [1.29, 1.82) is 0 Å². The predicted octanol–water partition coefficient (Wildman–Crippen LogP) is -5.36. The van der Waals surface area contributed by atoms with Crippen LogP contribution in [0.5, 0.6) is 0 Å². The second-order valence-electron chi connectivity index (χ2n) is 25.5. The van der Waals surface area contributed by atoms with E-state index >= 15 is 0 Å². The number of aliphatic hydroxyl groups is 10. The van der Waals surface area contributed by atoms with Crippen LogP contribution >= 0.6 is 0 Å². The zero-order chi connectivity index (χ0) is 59.7. The molecule has 6 heterocycles. The van der Waals surface area contributed by atoms with E-state index < -0.39 is 187 Å². The third-order valence-electron chi connectivity index (χ3n) is 20.5. The van der Waals surface area contributed by atoms with Gasteiger partial charge in [-0.1, -0.05) is 51.5 Å². The Balaban J connectivity index is 0.00000828. The van der Waals surface area contributed by atoms with Gasteiger partial charge < -0.3 is 112 Å². The monoisotopic (exact) mass is 1220 g/mol. The van der Waals surface area contributed by atoms with Crippen LogP contribution in [0.25, 0.3) is 0 Å². The van der Waals surface area contributed by atoms with Gasteiger partial charge in [-0.15, -0.1) is 0 Å². The molecule has 4 aliphatic carbocycles. The standard InChI is InChI=1S/C54H84O27S.Na/c1-20(2)31-26-16-53(8)24-10-11-29-51(5,6)30(13-14-52(29,7)23(24)12-15-54(31,53)50(65)75-26)76-48-43(34(59)28(19-71-48)81-82(66,67)68)80-49-44(79-46-36(61)35(60)32(57)21(3)72-46)37(62)40(22(4)73-49)77-47-39(64)42(33(58)27(17-55)74-47)78-45-38(63)41(69-9)25(56)18-70-45;/h10,21-23,25-49,55-64H,1,11-19H2,2-9H3,(H,66,67,68);/q;+1/p-1/t21-,22-,23+,25-,26+,27-,28-,29+,30+,31+,32-,33-,34+,35+,36-,37+,38-,39-,40-,41+,42+,43-,44-,45+,46+,47+,48+,49+,52-,53+,54-;/m1./s1. The first kappa shape index (κ1) is 66.4. The van der Waals surface area contributed by atoms with Crippen LogP contribution in [0.3, 0.4) is 0 Å². The van der Waals surface area contributed by atoms with Crippen molar-refractivity contribution in [1.82, 2.24) is 0 Å². The van der Waals surface area contributed by atoms with Gasteiger partial charge in [0, 0.05) is 18.4 Å². The van der Waals surface area contributed by atoms with Crippen LogP contribution in [0.4, 0.5) is 0 Å². The first-order valence-corrected chi connectivity index (χ1v) is 29.7. The Morgan fingerprint density at radius 3 is 1.99 bits per heavy atom. The Labute approximate surface area is 503 Å². The van der Waals surface area contributed by atoms with E-state index in [1.807, 2.05) is 6.92 Å². The van der Waals surface area contributed by atoms with Gasteiger partial charge in [0.1, 0.15) is 104 Å². The van der Waals surface area contributed by atoms with E-state index in [1.165, 1.54) is 26.5 Å². The first-order valence-electron chi connectivity index (χ1n) is 28.4. The van der Waals surface area contributed by atoms with E-state index in [-0.39, 0.29) is 71.4 Å². The fraction of sp³-hybridized carbons (Fsp3) is 0.907. The normalized spacial score (nSPS) is 52.3. The Hall–Kier alpha value is -1.02. The van der Waals surface area contributed by atoms with Crippen LogP contribution in [0, 0.1) is 39.4 Å². The van der Waals surface area contributed by atoms with Gasteiger partial charge in [0.15, 0.2) is 31.5 Å². The summed E-state index contributed by atoms with van der Waals surface area (Å²) in [4.78, 5) is 13.8. The Kier molecular flexibility index (Phi) is 19.7. The molecule has 6 saturated heterocycles. The van der Waals surface area contributed by atoms with Crippen LogP contribution in [-0.4, -0.2) is 250 Å². The van der Waals surface area contributed by atoms with Crippen LogP contribution in [0.2, 0.25) is 0 Å². The molecule has 9 fully saturated rings. The van der Waals surface area contributed by atoms with Gasteiger partial charge in [0.25, 0.3) is 0 Å². The summed E-state index contributed by atoms with van der Waals surface area (Å²) in [5.74, 6) is -0.0907. The van der Waals surface area contributed by atoms with Crippen molar-refractivity contribution in [2.75, 3.05) is 26.9 Å². The smallest absolute Gasteiger partial charge is 0.726 e. The molecule has 0 unspecified atom stereocenters. The number of methoxy groups -OCH3 is 1. The summed E-state index contributed by atoms with van der Waals surface area (Å²) in [6.45, 7) is 15.8. The van der Waals surface area contributed by atoms with Gasteiger partial charge in [-0.25, -0.2) is 8.42 Å². The van der Waals surface area contributed by atoms with Crippen molar-refractivity contribution in [3.8, 4) is 0 Å². The molecule has 0 aromatic carbocycles. The van der Waals surface area contributed by atoms with E-state index in [0.717, 1.165) is 12.0 Å². The van der Waals surface area contributed by atoms with E-state index in [2.05, 4.69) is 40.3 Å². The number of carbonyl (C=O) groups excluding carboxylic acids is 1. The Morgan fingerprint density at radius 1 is 0.711 bits per heavy atom. The molecule has 468 valence electrons. The van der Waals surface area contributed by atoms with Crippen LogP contribution in [0.15, 0.2) is 23.8 Å². The van der Waals surface area contributed by atoms with Crippen molar-refractivity contribution in [3.05, 3.63) is 23.8 Å². The van der Waals surface area contributed by atoms with Crippen molar-refractivity contribution < 1.29 is 159 Å². The molecule has 29 heteroatoms. The topological polar surface area (TPSA) is 397 Å². The fourth-order valence-corrected chi connectivity index (χ4v) is 16.8. The summed E-state index contributed by atoms with van der Waals surface area (Å²) < 4.78 is 113. The zero-order valence-electron chi connectivity index (χ0n) is 48.1. The molecule has 10 aliphatic rings. The van der Waals surface area contributed by atoms with E-state index in [1.54, 1.807) is 0 Å². The molecule has 1 spiro atoms. The second-order valence-corrected chi connectivity index (χ2v) is 26.5. The molecule has 0 aromatic rings. The molecule has 6 aliphatic heterocycles. The average Bonchev–Trinajstić information content (AvgIpc) is 1.79. The minimum atomic E-state index is -5.49. The third kappa shape index (κ3) is 11.3. The molecular formula is C54H83NaO27S. The van der Waals surface area contributed by atoms with E-state index in [0.29, 0.717) is 32.1 Å². The Morgan fingerprint density at radius 2 is 1.33 bits per heavy atom. The Bertz CT molecular complexity index is 2480.